The van der Waals surface area contributed by atoms with Crippen LogP contribution in [0.25, 0.3) is 0 Å². The topological polar surface area (TPSA) is 69.7 Å². The van der Waals surface area contributed by atoms with Crippen LogP contribution in [0.4, 0.5) is 0 Å². The number of carbonyl (C=O) groups excluding carboxylic acids is 1. The molecule has 0 saturated carbocycles. The number of rotatable bonds is 7. The van der Waals surface area contributed by atoms with Crippen LogP contribution in [0.3, 0.4) is 0 Å². The molecule has 0 bridgehead atoms. The second-order valence-corrected chi connectivity index (χ2v) is 9.61. The molecule has 0 radical (unpaired) electrons. The third kappa shape index (κ3) is 5.15. The fourth-order valence-corrected chi connectivity index (χ4v) is 5.65. The number of likely N-dealkylation sites (tertiary alicyclic amines) is 1. The van der Waals surface area contributed by atoms with Gasteiger partial charge >= 0.3 is 0 Å². The van der Waals surface area contributed by atoms with Crippen LogP contribution in [0.1, 0.15) is 30.4 Å². The number of benzene rings is 1. The van der Waals surface area contributed by atoms with Gasteiger partial charge in [0.25, 0.3) is 0 Å². The van der Waals surface area contributed by atoms with Crippen LogP contribution >= 0.6 is 23.2 Å². The van der Waals surface area contributed by atoms with Gasteiger partial charge in [-0.25, -0.2) is 13.1 Å². The zero-order valence-electron chi connectivity index (χ0n) is 16.2. The number of likely N-dealkylation sites (N-methyl/N-ethyl adjacent to an activating group) is 1. The first-order chi connectivity index (χ1) is 12.6. The molecule has 1 saturated heterocycles. The van der Waals surface area contributed by atoms with E-state index in [2.05, 4.69) is 9.62 Å². The molecule has 1 amide bonds. The van der Waals surface area contributed by atoms with Gasteiger partial charge in [0.15, 0.2) is 0 Å². The highest BCUT2D eigenvalue weighted by Gasteiger charge is 2.31. The molecule has 152 valence electrons. The minimum atomic E-state index is -3.77. The average molecular weight is 436 g/mol. The van der Waals surface area contributed by atoms with Crippen LogP contribution in [0.2, 0.25) is 10.0 Å². The fourth-order valence-electron chi connectivity index (χ4n) is 3.37. The Morgan fingerprint density at radius 3 is 2.63 bits per heavy atom. The Morgan fingerprint density at radius 1 is 1.33 bits per heavy atom. The first-order valence-electron chi connectivity index (χ1n) is 8.96. The highest BCUT2D eigenvalue weighted by molar-refractivity contribution is 7.89. The maximum Gasteiger partial charge on any atom is 0.242 e. The Kier molecular flexibility index (Phi) is 7.55. The van der Waals surface area contributed by atoms with Gasteiger partial charge in [-0.05, 0) is 56.8 Å². The molecular formula is C18H27Cl2N3O3S. The molecule has 0 aromatic heterocycles. The standard InChI is InChI=1S/C18H27Cl2N3O3S/c1-12-11-14(19)13(2)17(16(12)20)27(25,26)21-8-6-10-23-9-5-7-15(23)18(24)22(3)4/h11,15,21H,5-10H2,1-4H3. The van der Waals surface area contributed by atoms with E-state index in [-0.39, 0.29) is 28.4 Å². The van der Waals surface area contributed by atoms with Crippen molar-refractivity contribution in [1.29, 1.82) is 0 Å². The van der Waals surface area contributed by atoms with Crippen LogP contribution in [0, 0.1) is 13.8 Å². The average Bonchev–Trinajstić information content (AvgIpc) is 3.04. The van der Waals surface area contributed by atoms with Crippen LogP contribution in [0.5, 0.6) is 0 Å². The Labute approximate surface area is 171 Å². The van der Waals surface area contributed by atoms with Crippen LogP contribution in [-0.4, -0.2) is 63.9 Å². The smallest absolute Gasteiger partial charge is 0.242 e. The Balaban J connectivity index is 1.98. The van der Waals surface area contributed by atoms with Crippen molar-refractivity contribution in [2.24, 2.45) is 0 Å². The summed E-state index contributed by atoms with van der Waals surface area (Å²) in [6.45, 7) is 5.15. The number of aryl methyl sites for hydroxylation is 1. The van der Waals surface area contributed by atoms with Gasteiger partial charge in [0.05, 0.1) is 11.1 Å². The van der Waals surface area contributed by atoms with Crippen LogP contribution in [0.15, 0.2) is 11.0 Å². The van der Waals surface area contributed by atoms with Gasteiger partial charge in [0.2, 0.25) is 15.9 Å². The second kappa shape index (κ2) is 9.09. The molecule has 1 aromatic carbocycles. The van der Waals surface area contributed by atoms with Crippen molar-refractivity contribution >= 4 is 39.1 Å². The van der Waals surface area contributed by atoms with Gasteiger partial charge in [0.1, 0.15) is 4.90 Å². The molecule has 9 heteroatoms. The molecule has 1 unspecified atom stereocenters. The molecule has 1 aliphatic rings. The van der Waals surface area contributed by atoms with E-state index in [4.69, 9.17) is 23.2 Å². The minimum absolute atomic E-state index is 0.0380. The number of hydrogen-bond acceptors (Lipinski definition) is 4. The van der Waals surface area contributed by atoms with Crippen molar-refractivity contribution in [3.05, 3.63) is 27.2 Å². The molecule has 6 nitrogen and oxygen atoms in total. The number of carbonyl (C=O) groups is 1. The first-order valence-corrected chi connectivity index (χ1v) is 11.2. The molecular weight excluding hydrogens is 409 g/mol. The number of halogens is 2. The summed E-state index contributed by atoms with van der Waals surface area (Å²) in [5, 5.41) is 0.569. The fraction of sp³-hybridized carbons (Fsp3) is 0.611. The molecule has 2 rings (SSSR count). The molecule has 1 heterocycles. The summed E-state index contributed by atoms with van der Waals surface area (Å²) in [6, 6.07) is 1.55. The van der Waals surface area contributed by atoms with E-state index in [0.717, 1.165) is 19.4 Å². The lowest BCUT2D eigenvalue weighted by molar-refractivity contribution is -0.133. The Bertz CT molecular complexity index is 786. The van der Waals surface area contributed by atoms with Crippen molar-refractivity contribution in [1.82, 2.24) is 14.5 Å². The van der Waals surface area contributed by atoms with Crippen molar-refractivity contribution < 1.29 is 13.2 Å². The number of sulfonamides is 1. The van der Waals surface area contributed by atoms with Crippen molar-refractivity contribution in [2.75, 3.05) is 33.7 Å². The molecule has 1 atom stereocenters. The van der Waals surface area contributed by atoms with E-state index in [9.17, 15) is 13.2 Å². The van der Waals surface area contributed by atoms with Crippen molar-refractivity contribution in [3.63, 3.8) is 0 Å². The lowest BCUT2D eigenvalue weighted by atomic mass is 10.2. The monoisotopic (exact) mass is 435 g/mol. The lowest BCUT2D eigenvalue weighted by Gasteiger charge is -2.26. The predicted octanol–water partition coefficient (Wildman–Crippen LogP) is 2.83. The van der Waals surface area contributed by atoms with Gasteiger partial charge in [0, 0.05) is 32.2 Å². The van der Waals surface area contributed by atoms with Gasteiger partial charge < -0.3 is 4.90 Å². The SMILES string of the molecule is Cc1cc(Cl)c(C)c(S(=O)(=O)NCCCN2CCCC2C(=O)N(C)C)c1Cl. The van der Waals surface area contributed by atoms with Gasteiger partial charge in [-0.2, -0.15) is 0 Å². The zero-order chi connectivity index (χ0) is 20.4. The van der Waals surface area contributed by atoms with Crippen LogP contribution in [-0.2, 0) is 14.8 Å². The lowest BCUT2D eigenvalue weighted by Crippen LogP contribution is -2.43. The summed E-state index contributed by atoms with van der Waals surface area (Å²) >= 11 is 12.3. The highest BCUT2D eigenvalue weighted by atomic mass is 35.5. The zero-order valence-corrected chi connectivity index (χ0v) is 18.5. The third-order valence-corrected chi connectivity index (χ3v) is 7.48. The van der Waals surface area contributed by atoms with E-state index in [1.165, 1.54) is 0 Å². The normalized spacial score (nSPS) is 18.1. The summed E-state index contributed by atoms with van der Waals surface area (Å²) in [7, 11) is -0.254. The van der Waals surface area contributed by atoms with Crippen LogP contribution < -0.4 is 4.72 Å². The van der Waals surface area contributed by atoms with Crippen molar-refractivity contribution in [3.8, 4) is 0 Å². The number of nitrogens with one attached hydrogen (secondary N) is 1. The molecule has 1 fully saturated rings. The number of amides is 1. The summed E-state index contributed by atoms with van der Waals surface area (Å²) in [6.07, 6.45) is 2.43. The van der Waals surface area contributed by atoms with Gasteiger partial charge in [-0.1, -0.05) is 23.2 Å². The maximum absolute atomic E-state index is 12.7. The van der Waals surface area contributed by atoms with E-state index in [1.54, 1.807) is 38.9 Å². The largest absolute Gasteiger partial charge is 0.347 e. The molecule has 1 aromatic rings. The maximum atomic E-state index is 12.7. The molecule has 27 heavy (non-hydrogen) atoms. The van der Waals surface area contributed by atoms with Gasteiger partial charge in [-0.15, -0.1) is 0 Å². The van der Waals surface area contributed by atoms with E-state index >= 15 is 0 Å². The third-order valence-electron chi connectivity index (χ3n) is 4.86. The number of hydrogen-bond donors (Lipinski definition) is 1. The summed E-state index contributed by atoms with van der Waals surface area (Å²) in [5.41, 5.74) is 1.06. The molecule has 1 aliphatic heterocycles. The van der Waals surface area contributed by atoms with E-state index < -0.39 is 10.0 Å². The Hall–Kier alpha value is -0.860. The summed E-state index contributed by atoms with van der Waals surface area (Å²) in [5.74, 6) is 0.102. The van der Waals surface area contributed by atoms with E-state index in [0.29, 0.717) is 29.1 Å². The minimum Gasteiger partial charge on any atom is -0.347 e. The molecule has 1 N–H and O–H groups in total. The predicted molar refractivity (Wildman–Crippen MR) is 109 cm³/mol. The Morgan fingerprint density at radius 2 is 2.00 bits per heavy atom. The second-order valence-electron chi connectivity index (χ2n) is 7.12. The van der Waals surface area contributed by atoms with Crippen molar-refractivity contribution in [2.45, 2.75) is 44.0 Å². The first kappa shape index (κ1) is 22.4. The quantitative estimate of drug-likeness (QED) is 0.668. The van der Waals surface area contributed by atoms with Gasteiger partial charge in [-0.3, -0.25) is 9.69 Å². The molecule has 0 aliphatic carbocycles. The summed E-state index contributed by atoms with van der Waals surface area (Å²) in [4.78, 5) is 16.0. The molecule has 0 spiro atoms. The van der Waals surface area contributed by atoms with E-state index in [1.807, 2.05) is 0 Å². The summed E-state index contributed by atoms with van der Waals surface area (Å²) < 4.78 is 28.0. The highest BCUT2D eigenvalue weighted by Crippen LogP contribution is 2.33. The number of nitrogens with zero attached hydrogens (tertiary/aromatic N) is 2.